The number of morpholine rings is 1. The van der Waals surface area contributed by atoms with Gasteiger partial charge in [-0.05, 0) is 11.1 Å². The number of rotatable bonds is 1. The minimum Gasteiger partial charge on any atom is -0.391 e. The number of aliphatic hydroxyl groups excluding tert-OH is 1. The molecule has 1 heterocycles. The first kappa shape index (κ1) is 10.3. The van der Waals surface area contributed by atoms with E-state index in [0.717, 1.165) is 32.7 Å². The minimum absolute atomic E-state index is 0.181. The summed E-state index contributed by atoms with van der Waals surface area (Å²) in [5.74, 6) is 0. The lowest BCUT2D eigenvalue weighted by molar-refractivity contribution is -0.0165. The molecule has 3 nitrogen and oxygen atoms in total. The van der Waals surface area contributed by atoms with Gasteiger partial charge in [0.25, 0.3) is 0 Å². The summed E-state index contributed by atoms with van der Waals surface area (Å²) >= 11 is 0. The molecule has 1 fully saturated rings. The maximum atomic E-state index is 10.2. The van der Waals surface area contributed by atoms with Crippen molar-refractivity contribution in [3.8, 4) is 0 Å². The van der Waals surface area contributed by atoms with Crippen molar-refractivity contribution in [1.82, 2.24) is 4.90 Å². The summed E-state index contributed by atoms with van der Waals surface area (Å²) in [6, 6.07) is 8.56. The van der Waals surface area contributed by atoms with Gasteiger partial charge in [-0.2, -0.15) is 0 Å². The Balaban J connectivity index is 1.89. The van der Waals surface area contributed by atoms with Crippen molar-refractivity contribution in [2.45, 2.75) is 18.6 Å². The molecule has 2 atom stereocenters. The third-order valence-electron chi connectivity index (χ3n) is 3.61. The Kier molecular flexibility index (Phi) is 2.67. The second-order valence-electron chi connectivity index (χ2n) is 4.56. The maximum Gasteiger partial charge on any atom is 0.0777 e. The van der Waals surface area contributed by atoms with Crippen LogP contribution in [0.3, 0.4) is 0 Å². The van der Waals surface area contributed by atoms with E-state index >= 15 is 0 Å². The molecule has 0 spiro atoms. The number of benzene rings is 1. The van der Waals surface area contributed by atoms with Gasteiger partial charge in [0.15, 0.2) is 0 Å². The standard InChI is InChI=1S/C13H17NO2/c15-12-9-10-3-1-2-4-11(10)13(12)14-5-7-16-8-6-14/h1-4,12-13,15H,5-9H2/t12-,13-/m0/s1. The molecule has 1 aliphatic carbocycles. The minimum atomic E-state index is -0.254. The van der Waals surface area contributed by atoms with Crippen LogP contribution in [0.4, 0.5) is 0 Å². The molecule has 1 aromatic rings. The van der Waals surface area contributed by atoms with Gasteiger partial charge < -0.3 is 9.84 Å². The predicted molar refractivity (Wildman–Crippen MR) is 61.3 cm³/mol. The lowest BCUT2D eigenvalue weighted by atomic mass is 10.1. The van der Waals surface area contributed by atoms with Crippen molar-refractivity contribution >= 4 is 0 Å². The third kappa shape index (κ3) is 1.65. The van der Waals surface area contributed by atoms with Gasteiger partial charge in [-0.25, -0.2) is 0 Å². The van der Waals surface area contributed by atoms with Crippen LogP contribution in [-0.4, -0.2) is 42.4 Å². The monoisotopic (exact) mass is 219 g/mol. The number of ether oxygens (including phenoxy) is 1. The zero-order valence-electron chi connectivity index (χ0n) is 9.30. The number of nitrogens with zero attached hydrogens (tertiary/aromatic N) is 1. The summed E-state index contributed by atoms with van der Waals surface area (Å²) in [5, 5.41) is 10.2. The fraction of sp³-hybridized carbons (Fsp3) is 0.538. The number of hydrogen-bond donors (Lipinski definition) is 1. The van der Waals surface area contributed by atoms with E-state index < -0.39 is 0 Å². The van der Waals surface area contributed by atoms with Crippen LogP contribution in [-0.2, 0) is 11.2 Å². The summed E-state index contributed by atoms with van der Waals surface area (Å²) in [6.45, 7) is 3.42. The van der Waals surface area contributed by atoms with Gasteiger partial charge in [0, 0.05) is 19.5 Å². The van der Waals surface area contributed by atoms with Crippen LogP contribution in [0, 0.1) is 0 Å². The highest BCUT2D eigenvalue weighted by Gasteiger charge is 2.35. The van der Waals surface area contributed by atoms with E-state index in [4.69, 9.17) is 4.74 Å². The van der Waals surface area contributed by atoms with Gasteiger partial charge in [0.1, 0.15) is 0 Å². The average molecular weight is 219 g/mol. The summed E-state index contributed by atoms with van der Waals surface area (Å²) < 4.78 is 5.36. The van der Waals surface area contributed by atoms with E-state index in [1.807, 2.05) is 6.07 Å². The highest BCUT2D eigenvalue weighted by Crippen LogP contribution is 2.36. The Bertz CT molecular complexity index is 374. The lowest BCUT2D eigenvalue weighted by Crippen LogP contribution is -2.42. The van der Waals surface area contributed by atoms with Crippen LogP contribution >= 0.6 is 0 Å². The zero-order valence-corrected chi connectivity index (χ0v) is 9.30. The highest BCUT2D eigenvalue weighted by atomic mass is 16.5. The molecule has 86 valence electrons. The van der Waals surface area contributed by atoms with Crippen molar-refractivity contribution in [1.29, 1.82) is 0 Å². The molecule has 0 amide bonds. The van der Waals surface area contributed by atoms with Crippen LogP contribution in [0.2, 0.25) is 0 Å². The van der Waals surface area contributed by atoms with Crippen LogP contribution in [0.15, 0.2) is 24.3 Å². The second-order valence-corrected chi connectivity index (χ2v) is 4.56. The molecule has 1 saturated heterocycles. The van der Waals surface area contributed by atoms with E-state index in [-0.39, 0.29) is 12.1 Å². The average Bonchev–Trinajstić information content (AvgIpc) is 2.66. The number of aliphatic hydroxyl groups is 1. The molecule has 2 aliphatic rings. The quantitative estimate of drug-likeness (QED) is 0.764. The lowest BCUT2D eigenvalue weighted by Gasteiger charge is -2.34. The molecule has 3 rings (SSSR count). The number of fused-ring (bicyclic) bond motifs is 1. The fourth-order valence-electron chi connectivity index (χ4n) is 2.85. The molecule has 0 unspecified atom stereocenters. The summed E-state index contributed by atoms with van der Waals surface area (Å²) in [5.41, 5.74) is 2.60. The molecule has 16 heavy (non-hydrogen) atoms. The summed E-state index contributed by atoms with van der Waals surface area (Å²) in [6.07, 6.45) is 0.536. The Hall–Kier alpha value is -0.900. The van der Waals surface area contributed by atoms with Crippen molar-refractivity contribution < 1.29 is 9.84 Å². The summed E-state index contributed by atoms with van der Waals surface area (Å²) in [7, 11) is 0. The third-order valence-corrected chi connectivity index (χ3v) is 3.61. The van der Waals surface area contributed by atoms with Crippen LogP contribution in [0.5, 0.6) is 0 Å². The van der Waals surface area contributed by atoms with Crippen LogP contribution in [0.25, 0.3) is 0 Å². The molecular formula is C13H17NO2. The van der Waals surface area contributed by atoms with Gasteiger partial charge in [0.2, 0.25) is 0 Å². The predicted octanol–water partition coefficient (Wildman–Crippen LogP) is 0.977. The van der Waals surface area contributed by atoms with E-state index in [0.29, 0.717) is 0 Å². The molecule has 1 aliphatic heterocycles. The topological polar surface area (TPSA) is 32.7 Å². The molecule has 0 bridgehead atoms. The van der Waals surface area contributed by atoms with E-state index in [9.17, 15) is 5.11 Å². The first-order chi connectivity index (χ1) is 7.86. The number of hydrogen-bond acceptors (Lipinski definition) is 3. The SMILES string of the molecule is O[C@H]1Cc2ccccc2[C@@H]1N1CCOCC1. The van der Waals surface area contributed by atoms with Gasteiger partial charge in [-0.1, -0.05) is 24.3 Å². The molecule has 1 aromatic carbocycles. The van der Waals surface area contributed by atoms with E-state index in [1.54, 1.807) is 0 Å². The van der Waals surface area contributed by atoms with Crippen LogP contribution < -0.4 is 0 Å². The maximum absolute atomic E-state index is 10.2. The molecule has 3 heteroatoms. The Labute approximate surface area is 95.6 Å². The Morgan fingerprint density at radius 3 is 2.75 bits per heavy atom. The van der Waals surface area contributed by atoms with Crippen molar-refractivity contribution in [3.63, 3.8) is 0 Å². The molecule has 1 N–H and O–H groups in total. The Morgan fingerprint density at radius 1 is 1.19 bits per heavy atom. The van der Waals surface area contributed by atoms with Crippen LogP contribution in [0.1, 0.15) is 17.2 Å². The zero-order chi connectivity index (χ0) is 11.0. The molecule has 0 aromatic heterocycles. The Morgan fingerprint density at radius 2 is 1.94 bits per heavy atom. The van der Waals surface area contributed by atoms with Gasteiger partial charge >= 0.3 is 0 Å². The largest absolute Gasteiger partial charge is 0.391 e. The second kappa shape index (κ2) is 4.17. The van der Waals surface area contributed by atoms with Crippen molar-refractivity contribution in [3.05, 3.63) is 35.4 Å². The van der Waals surface area contributed by atoms with E-state index in [1.165, 1.54) is 11.1 Å². The summed E-state index contributed by atoms with van der Waals surface area (Å²) in [4.78, 5) is 2.35. The van der Waals surface area contributed by atoms with Gasteiger partial charge in [-0.3, -0.25) is 4.90 Å². The first-order valence-corrected chi connectivity index (χ1v) is 5.94. The first-order valence-electron chi connectivity index (χ1n) is 5.94. The molecule has 0 saturated carbocycles. The normalized spacial score (nSPS) is 30.3. The fourth-order valence-corrected chi connectivity index (χ4v) is 2.85. The molecular weight excluding hydrogens is 202 g/mol. The van der Waals surface area contributed by atoms with Crippen molar-refractivity contribution in [2.24, 2.45) is 0 Å². The van der Waals surface area contributed by atoms with E-state index in [2.05, 4.69) is 23.1 Å². The molecule has 0 radical (unpaired) electrons. The van der Waals surface area contributed by atoms with Gasteiger partial charge in [0.05, 0.1) is 25.4 Å². The van der Waals surface area contributed by atoms with Crippen molar-refractivity contribution in [2.75, 3.05) is 26.3 Å². The highest BCUT2D eigenvalue weighted by molar-refractivity contribution is 5.36. The van der Waals surface area contributed by atoms with Gasteiger partial charge in [-0.15, -0.1) is 0 Å². The smallest absolute Gasteiger partial charge is 0.0777 e.